The molecule has 1 aliphatic heterocycles. The summed E-state index contributed by atoms with van der Waals surface area (Å²) in [6.07, 6.45) is 2.13. The van der Waals surface area contributed by atoms with Gasteiger partial charge < -0.3 is 14.4 Å². The number of amides is 1. The Bertz CT molecular complexity index is 1270. The third kappa shape index (κ3) is 6.37. The van der Waals surface area contributed by atoms with Crippen LogP contribution in [0.5, 0.6) is 0 Å². The number of hydrogen-bond donors (Lipinski definition) is 0. The number of ether oxygens (including phenoxy) is 2. The van der Waals surface area contributed by atoms with E-state index < -0.39 is 17.7 Å². The molecule has 1 amide bonds. The van der Waals surface area contributed by atoms with E-state index in [9.17, 15) is 14.4 Å². The Balaban J connectivity index is 1.53. The summed E-state index contributed by atoms with van der Waals surface area (Å²) in [6.45, 7) is 6.19. The second-order valence-corrected chi connectivity index (χ2v) is 10.2. The van der Waals surface area contributed by atoms with Crippen molar-refractivity contribution in [3.63, 3.8) is 0 Å². The van der Waals surface area contributed by atoms with E-state index in [2.05, 4.69) is 4.98 Å². The molecular formula is C28H33N3O5. The minimum absolute atomic E-state index is 0.0535. The van der Waals surface area contributed by atoms with Gasteiger partial charge in [0, 0.05) is 13.0 Å². The van der Waals surface area contributed by atoms with E-state index in [1.54, 1.807) is 23.1 Å². The zero-order valence-corrected chi connectivity index (χ0v) is 21.1. The SMILES string of the molecule is CC(C)(C)OC(=O)N1CCC[C@H](OCc2ccccc2)[C@H]1CC(=O)Cn1cnc2ccccc2c1=O. The minimum atomic E-state index is -0.659. The molecule has 2 aromatic carbocycles. The molecule has 8 heteroatoms. The van der Waals surface area contributed by atoms with Crippen molar-refractivity contribution in [3.05, 3.63) is 76.8 Å². The van der Waals surface area contributed by atoms with Crippen molar-refractivity contribution in [1.82, 2.24) is 14.5 Å². The maximum atomic E-state index is 13.2. The summed E-state index contributed by atoms with van der Waals surface area (Å²) in [6, 6.07) is 16.4. The normalized spacial score (nSPS) is 18.2. The smallest absolute Gasteiger partial charge is 0.410 e. The lowest BCUT2D eigenvalue weighted by Gasteiger charge is -2.41. The van der Waals surface area contributed by atoms with Crippen LogP contribution < -0.4 is 5.56 Å². The lowest BCUT2D eigenvalue weighted by atomic mass is 9.94. The van der Waals surface area contributed by atoms with Crippen LogP contribution in [0, 0.1) is 0 Å². The van der Waals surface area contributed by atoms with Gasteiger partial charge in [0.15, 0.2) is 5.78 Å². The van der Waals surface area contributed by atoms with Gasteiger partial charge in [0.25, 0.3) is 5.56 Å². The second-order valence-electron chi connectivity index (χ2n) is 10.2. The molecule has 190 valence electrons. The first-order valence-electron chi connectivity index (χ1n) is 12.3. The predicted molar refractivity (Wildman–Crippen MR) is 137 cm³/mol. The van der Waals surface area contributed by atoms with Gasteiger partial charge in [-0.3, -0.25) is 14.2 Å². The lowest BCUT2D eigenvalue weighted by Crippen LogP contribution is -2.54. The number of ketones is 1. The first kappa shape index (κ1) is 25.6. The van der Waals surface area contributed by atoms with Crippen LogP contribution in [0.4, 0.5) is 4.79 Å². The fourth-order valence-corrected chi connectivity index (χ4v) is 4.49. The molecule has 3 aromatic rings. The monoisotopic (exact) mass is 491 g/mol. The Morgan fingerprint density at radius 3 is 2.53 bits per heavy atom. The molecule has 0 unspecified atom stereocenters. The maximum Gasteiger partial charge on any atom is 0.410 e. The molecule has 0 aliphatic carbocycles. The highest BCUT2D eigenvalue weighted by Crippen LogP contribution is 2.26. The van der Waals surface area contributed by atoms with Crippen LogP contribution in [0.15, 0.2) is 65.7 Å². The van der Waals surface area contributed by atoms with Crippen LogP contribution in [0.1, 0.15) is 45.6 Å². The third-order valence-electron chi connectivity index (χ3n) is 6.17. The van der Waals surface area contributed by atoms with E-state index in [1.165, 1.54) is 10.9 Å². The maximum absolute atomic E-state index is 13.2. The van der Waals surface area contributed by atoms with E-state index in [4.69, 9.17) is 9.47 Å². The average Bonchev–Trinajstić information content (AvgIpc) is 2.85. The molecule has 0 radical (unpaired) electrons. The molecule has 8 nitrogen and oxygen atoms in total. The molecule has 4 rings (SSSR count). The molecule has 1 aromatic heterocycles. The van der Waals surface area contributed by atoms with Crippen LogP contribution in [0.2, 0.25) is 0 Å². The number of fused-ring (bicyclic) bond motifs is 1. The van der Waals surface area contributed by atoms with Gasteiger partial charge in [-0.1, -0.05) is 42.5 Å². The third-order valence-corrected chi connectivity index (χ3v) is 6.17. The zero-order chi connectivity index (χ0) is 25.7. The number of likely N-dealkylation sites (tertiary alicyclic amines) is 1. The van der Waals surface area contributed by atoms with E-state index in [1.807, 2.05) is 57.2 Å². The highest BCUT2D eigenvalue weighted by molar-refractivity contribution is 5.81. The van der Waals surface area contributed by atoms with Crippen LogP contribution >= 0.6 is 0 Å². The van der Waals surface area contributed by atoms with Gasteiger partial charge in [-0.25, -0.2) is 9.78 Å². The van der Waals surface area contributed by atoms with Crippen LogP contribution in [-0.4, -0.2) is 50.6 Å². The first-order valence-corrected chi connectivity index (χ1v) is 12.3. The Kier molecular flexibility index (Phi) is 7.84. The lowest BCUT2D eigenvalue weighted by molar-refractivity contribution is -0.124. The summed E-state index contributed by atoms with van der Waals surface area (Å²) < 4.78 is 13.2. The number of piperidine rings is 1. The summed E-state index contributed by atoms with van der Waals surface area (Å²) in [5, 5.41) is 0.463. The van der Waals surface area contributed by atoms with E-state index >= 15 is 0 Å². The van der Waals surface area contributed by atoms with Crippen molar-refractivity contribution in [3.8, 4) is 0 Å². The van der Waals surface area contributed by atoms with E-state index in [0.717, 1.165) is 18.4 Å². The average molecular weight is 492 g/mol. The fraction of sp³-hybridized carbons (Fsp3) is 0.429. The summed E-state index contributed by atoms with van der Waals surface area (Å²) in [5.41, 5.74) is 0.682. The number of nitrogens with zero attached hydrogens (tertiary/aromatic N) is 3. The topological polar surface area (TPSA) is 90.7 Å². The summed E-state index contributed by atoms with van der Waals surface area (Å²) >= 11 is 0. The van der Waals surface area contributed by atoms with Gasteiger partial charge in [-0.2, -0.15) is 0 Å². The number of aromatic nitrogens is 2. The zero-order valence-electron chi connectivity index (χ0n) is 21.1. The van der Waals surface area contributed by atoms with E-state index in [0.29, 0.717) is 24.1 Å². The molecule has 2 atom stereocenters. The van der Waals surface area contributed by atoms with Gasteiger partial charge in [0.05, 0.1) is 42.5 Å². The summed E-state index contributed by atoms with van der Waals surface area (Å²) in [7, 11) is 0. The highest BCUT2D eigenvalue weighted by atomic mass is 16.6. The summed E-state index contributed by atoms with van der Waals surface area (Å²) in [4.78, 5) is 45.1. The Hall–Kier alpha value is -3.52. The molecule has 36 heavy (non-hydrogen) atoms. The van der Waals surface area contributed by atoms with Crippen LogP contribution in [-0.2, 0) is 27.4 Å². The van der Waals surface area contributed by atoms with Crippen molar-refractivity contribution in [2.45, 2.75) is 70.9 Å². The molecule has 0 N–H and O–H groups in total. The Labute approximate surface area is 210 Å². The van der Waals surface area contributed by atoms with Gasteiger partial charge >= 0.3 is 6.09 Å². The minimum Gasteiger partial charge on any atom is -0.444 e. The quantitative estimate of drug-likeness (QED) is 0.488. The Morgan fingerprint density at radius 2 is 1.78 bits per heavy atom. The fourth-order valence-electron chi connectivity index (χ4n) is 4.49. The van der Waals surface area contributed by atoms with Crippen molar-refractivity contribution in [2.24, 2.45) is 0 Å². The molecule has 2 heterocycles. The van der Waals surface area contributed by atoms with Gasteiger partial charge in [0.2, 0.25) is 0 Å². The predicted octanol–water partition coefficient (Wildman–Crippen LogP) is 4.34. The number of hydrogen-bond acceptors (Lipinski definition) is 6. The molecule has 0 spiro atoms. The largest absolute Gasteiger partial charge is 0.444 e. The molecule has 0 saturated carbocycles. The second kappa shape index (κ2) is 11.0. The number of carbonyl (C=O) groups is 2. The van der Waals surface area contributed by atoms with Crippen LogP contribution in [0.25, 0.3) is 10.9 Å². The Morgan fingerprint density at radius 1 is 1.06 bits per heavy atom. The van der Waals surface area contributed by atoms with Crippen LogP contribution in [0.3, 0.4) is 0 Å². The van der Waals surface area contributed by atoms with Gasteiger partial charge in [-0.15, -0.1) is 0 Å². The van der Waals surface area contributed by atoms with E-state index in [-0.39, 0.29) is 30.4 Å². The molecular weight excluding hydrogens is 458 g/mol. The number of rotatable bonds is 7. The van der Waals surface area contributed by atoms with Crippen molar-refractivity contribution >= 4 is 22.8 Å². The van der Waals surface area contributed by atoms with Crippen molar-refractivity contribution < 1.29 is 19.1 Å². The number of benzene rings is 2. The number of carbonyl (C=O) groups excluding carboxylic acids is 2. The van der Waals surface area contributed by atoms with Crippen molar-refractivity contribution in [1.29, 1.82) is 0 Å². The number of Topliss-reactive ketones (excluding diaryl/α,β-unsaturated/α-hetero) is 1. The summed E-state index contributed by atoms with van der Waals surface area (Å²) in [5.74, 6) is -0.178. The number of para-hydroxylation sites is 1. The molecule has 1 saturated heterocycles. The standard InChI is InChI=1S/C28H33N3O5/c1-28(2,3)36-27(34)31-15-9-14-25(35-18-20-10-5-4-6-11-20)24(31)16-21(32)17-30-19-29-23-13-8-7-12-22(23)26(30)33/h4-8,10-13,19,24-25H,9,14-18H2,1-3H3/t24-,25+/m1/s1. The van der Waals surface area contributed by atoms with Crippen molar-refractivity contribution in [2.75, 3.05) is 6.54 Å². The van der Waals surface area contributed by atoms with Gasteiger partial charge in [0.1, 0.15) is 5.60 Å². The van der Waals surface area contributed by atoms with Gasteiger partial charge in [-0.05, 0) is 51.3 Å². The molecule has 0 bridgehead atoms. The highest BCUT2D eigenvalue weighted by Gasteiger charge is 2.38. The molecule has 1 fully saturated rings. The first-order chi connectivity index (χ1) is 17.2. The molecule has 1 aliphatic rings.